The van der Waals surface area contributed by atoms with Crippen LogP contribution in [0.4, 0.5) is 11.0 Å². The summed E-state index contributed by atoms with van der Waals surface area (Å²) in [6, 6.07) is 4.36. The van der Waals surface area contributed by atoms with Gasteiger partial charge in [-0.2, -0.15) is 5.10 Å². The highest BCUT2D eigenvalue weighted by Gasteiger charge is 2.19. The highest BCUT2D eigenvalue weighted by molar-refractivity contribution is 7.17. The van der Waals surface area contributed by atoms with Gasteiger partial charge < -0.3 is 4.42 Å². The molecule has 124 valence electrons. The topological polar surface area (TPSA) is 129 Å². The second kappa shape index (κ2) is 6.20. The molecule has 0 bridgehead atoms. The molecule has 0 aliphatic carbocycles. The maximum atomic E-state index is 12.1. The Kier molecular flexibility index (Phi) is 4.08. The van der Waals surface area contributed by atoms with Gasteiger partial charge in [0.2, 0.25) is 0 Å². The van der Waals surface area contributed by atoms with Crippen molar-refractivity contribution in [2.45, 2.75) is 19.9 Å². The minimum absolute atomic E-state index is 0.0949. The number of carbonyl (C=O) groups excluding carboxylic acids is 1. The molecule has 24 heavy (non-hydrogen) atoms. The maximum Gasteiger partial charge on any atom is 0.324 e. The lowest BCUT2D eigenvalue weighted by molar-refractivity contribution is -0.380. The van der Waals surface area contributed by atoms with Gasteiger partial charge in [0.1, 0.15) is 5.69 Å². The summed E-state index contributed by atoms with van der Waals surface area (Å²) in [6.45, 7) is 3.92. The molecule has 0 saturated heterocycles. The smallest absolute Gasteiger partial charge is 0.324 e. The van der Waals surface area contributed by atoms with Gasteiger partial charge >= 0.3 is 11.0 Å². The third-order valence-electron chi connectivity index (χ3n) is 3.02. The molecule has 3 aromatic heterocycles. The lowest BCUT2D eigenvalue weighted by atomic mass is 10.3. The standard InChI is InChI=1S/C13H12N6O4S/c1-7(2)18-8(5-6-14-18)12-16-17-13(23-12)15-11(20)9-3-4-10(24-9)19(21)22/h3-7H,1-2H3,(H,15,17,20). The number of anilines is 1. The number of carbonyl (C=O) groups is 1. The second-order valence-electron chi connectivity index (χ2n) is 5.02. The molecule has 0 unspecified atom stereocenters. The zero-order valence-corrected chi connectivity index (χ0v) is 13.5. The fourth-order valence-electron chi connectivity index (χ4n) is 1.98. The van der Waals surface area contributed by atoms with Gasteiger partial charge in [-0.05, 0) is 26.0 Å². The van der Waals surface area contributed by atoms with Crippen molar-refractivity contribution in [3.05, 3.63) is 39.4 Å². The number of hydrogen-bond acceptors (Lipinski definition) is 8. The van der Waals surface area contributed by atoms with Crippen LogP contribution >= 0.6 is 11.3 Å². The van der Waals surface area contributed by atoms with Crippen LogP contribution in [0.5, 0.6) is 0 Å². The third kappa shape index (κ3) is 3.01. The Morgan fingerprint density at radius 2 is 2.17 bits per heavy atom. The van der Waals surface area contributed by atoms with E-state index >= 15 is 0 Å². The molecule has 1 N–H and O–H groups in total. The molecule has 11 heteroatoms. The van der Waals surface area contributed by atoms with E-state index in [-0.39, 0.29) is 27.8 Å². The third-order valence-corrected chi connectivity index (χ3v) is 4.06. The van der Waals surface area contributed by atoms with Gasteiger partial charge in [0, 0.05) is 18.3 Å². The maximum absolute atomic E-state index is 12.1. The van der Waals surface area contributed by atoms with E-state index in [2.05, 4.69) is 20.6 Å². The van der Waals surface area contributed by atoms with Crippen molar-refractivity contribution >= 4 is 28.3 Å². The van der Waals surface area contributed by atoms with Crippen LogP contribution in [0.1, 0.15) is 29.6 Å². The van der Waals surface area contributed by atoms with E-state index in [0.717, 1.165) is 11.3 Å². The number of aromatic nitrogens is 4. The normalized spacial score (nSPS) is 11.0. The number of hydrogen-bond donors (Lipinski definition) is 1. The van der Waals surface area contributed by atoms with Gasteiger partial charge in [-0.25, -0.2) is 0 Å². The molecule has 3 rings (SSSR count). The van der Waals surface area contributed by atoms with Crippen molar-refractivity contribution in [3.63, 3.8) is 0 Å². The Hall–Kier alpha value is -3.08. The Bertz CT molecular complexity index is 896. The summed E-state index contributed by atoms with van der Waals surface area (Å²) >= 11 is 0.764. The van der Waals surface area contributed by atoms with Crippen LogP contribution in [0.25, 0.3) is 11.6 Å². The van der Waals surface area contributed by atoms with Crippen molar-refractivity contribution in [2.24, 2.45) is 0 Å². The van der Waals surface area contributed by atoms with Gasteiger partial charge in [0.05, 0.1) is 9.80 Å². The first-order valence-electron chi connectivity index (χ1n) is 6.88. The number of amides is 1. The van der Waals surface area contributed by atoms with Gasteiger partial charge in [-0.15, -0.1) is 5.10 Å². The SMILES string of the molecule is CC(C)n1nccc1-c1nnc(NC(=O)c2ccc([N+](=O)[O-])s2)o1. The molecule has 0 aliphatic rings. The fraction of sp³-hybridized carbons (Fsp3) is 0.231. The first kappa shape index (κ1) is 15.8. The Balaban J connectivity index is 1.77. The van der Waals surface area contributed by atoms with E-state index < -0.39 is 10.8 Å². The zero-order valence-electron chi connectivity index (χ0n) is 12.7. The van der Waals surface area contributed by atoms with Crippen LogP contribution in [0.15, 0.2) is 28.8 Å². The Morgan fingerprint density at radius 3 is 2.83 bits per heavy atom. The van der Waals surface area contributed by atoms with E-state index in [1.165, 1.54) is 12.1 Å². The highest BCUT2D eigenvalue weighted by Crippen LogP contribution is 2.26. The summed E-state index contributed by atoms with van der Waals surface area (Å²) in [6.07, 6.45) is 1.61. The number of rotatable bonds is 5. The van der Waals surface area contributed by atoms with Crippen molar-refractivity contribution in [1.29, 1.82) is 0 Å². The molecule has 3 aromatic rings. The highest BCUT2D eigenvalue weighted by atomic mass is 32.1. The molecule has 0 radical (unpaired) electrons. The number of nitro groups is 1. The van der Waals surface area contributed by atoms with Crippen molar-refractivity contribution in [3.8, 4) is 11.6 Å². The molecule has 0 spiro atoms. The van der Waals surface area contributed by atoms with E-state index in [1.807, 2.05) is 13.8 Å². The molecule has 0 atom stereocenters. The van der Waals surface area contributed by atoms with Gasteiger partial charge in [-0.1, -0.05) is 16.4 Å². The van der Waals surface area contributed by atoms with Crippen molar-refractivity contribution < 1.29 is 14.1 Å². The summed E-state index contributed by atoms with van der Waals surface area (Å²) in [5.41, 5.74) is 0.629. The predicted molar refractivity (Wildman–Crippen MR) is 84.8 cm³/mol. The van der Waals surface area contributed by atoms with E-state index in [0.29, 0.717) is 5.69 Å². The first-order chi connectivity index (χ1) is 11.5. The average Bonchev–Trinajstić information content (AvgIpc) is 3.26. The number of nitrogens with zero attached hydrogens (tertiary/aromatic N) is 5. The molecule has 0 saturated carbocycles. The van der Waals surface area contributed by atoms with Crippen molar-refractivity contribution in [2.75, 3.05) is 5.32 Å². The molecule has 0 fully saturated rings. The lowest BCUT2D eigenvalue weighted by Gasteiger charge is -2.07. The summed E-state index contributed by atoms with van der Waals surface area (Å²) in [5, 5.41) is 24.8. The predicted octanol–water partition coefficient (Wildman–Crippen LogP) is 2.74. The minimum atomic E-state index is -0.556. The molecule has 0 aliphatic heterocycles. The summed E-state index contributed by atoms with van der Waals surface area (Å²) < 4.78 is 7.13. The Labute approximate surface area is 139 Å². The van der Waals surface area contributed by atoms with E-state index in [4.69, 9.17) is 4.42 Å². The monoisotopic (exact) mass is 348 g/mol. The van der Waals surface area contributed by atoms with Crippen LogP contribution < -0.4 is 5.32 Å². The number of thiophene rings is 1. The minimum Gasteiger partial charge on any atom is -0.401 e. The number of nitrogens with one attached hydrogen (secondary N) is 1. The van der Waals surface area contributed by atoms with Gasteiger partial charge in [0.25, 0.3) is 11.8 Å². The fourth-order valence-corrected chi connectivity index (χ4v) is 2.69. The van der Waals surface area contributed by atoms with E-state index in [9.17, 15) is 14.9 Å². The summed E-state index contributed by atoms with van der Waals surface area (Å²) in [4.78, 5) is 22.3. The van der Waals surface area contributed by atoms with Crippen LogP contribution in [-0.2, 0) is 0 Å². The van der Waals surface area contributed by atoms with Gasteiger partial charge in [-0.3, -0.25) is 24.9 Å². The zero-order chi connectivity index (χ0) is 17.3. The Morgan fingerprint density at radius 1 is 1.38 bits per heavy atom. The second-order valence-corrected chi connectivity index (χ2v) is 6.08. The summed E-state index contributed by atoms with van der Waals surface area (Å²) in [5.74, 6) is -0.339. The molecule has 1 amide bonds. The lowest BCUT2D eigenvalue weighted by Crippen LogP contribution is -2.10. The van der Waals surface area contributed by atoms with Crippen LogP contribution in [0.2, 0.25) is 0 Å². The first-order valence-corrected chi connectivity index (χ1v) is 7.70. The van der Waals surface area contributed by atoms with Gasteiger partial charge in [0.15, 0.2) is 0 Å². The molecule has 3 heterocycles. The van der Waals surface area contributed by atoms with E-state index in [1.54, 1.807) is 16.9 Å². The molecule has 0 aromatic carbocycles. The molecular weight excluding hydrogens is 336 g/mol. The van der Waals surface area contributed by atoms with Crippen molar-refractivity contribution in [1.82, 2.24) is 20.0 Å². The summed E-state index contributed by atoms with van der Waals surface area (Å²) in [7, 11) is 0. The quantitative estimate of drug-likeness (QED) is 0.554. The molecular formula is C13H12N6O4S. The van der Waals surface area contributed by atoms with Crippen LogP contribution in [-0.4, -0.2) is 30.8 Å². The molecule has 10 nitrogen and oxygen atoms in total. The largest absolute Gasteiger partial charge is 0.401 e. The van der Waals surface area contributed by atoms with Crippen LogP contribution in [0.3, 0.4) is 0 Å². The average molecular weight is 348 g/mol. The van der Waals surface area contributed by atoms with Crippen LogP contribution in [0, 0.1) is 10.1 Å².